The maximum atomic E-state index is 12.3. The molecule has 0 saturated carbocycles. The SMILES string of the molecule is CSCC(C)C(=O)c1c(Cl)cnn1CCN(C)C. The second-order valence-corrected chi connectivity index (χ2v) is 5.91. The zero-order valence-corrected chi connectivity index (χ0v) is 12.9. The van der Waals surface area contributed by atoms with Crippen LogP contribution >= 0.6 is 23.4 Å². The number of hydrogen-bond acceptors (Lipinski definition) is 4. The van der Waals surface area contributed by atoms with Crippen LogP contribution in [0.5, 0.6) is 0 Å². The van der Waals surface area contributed by atoms with Crippen LogP contribution in [0.1, 0.15) is 17.4 Å². The van der Waals surface area contributed by atoms with E-state index in [0.717, 1.165) is 12.3 Å². The van der Waals surface area contributed by atoms with Crippen LogP contribution < -0.4 is 0 Å². The van der Waals surface area contributed by atoms with E-state index >= 15 is 0 Å². The van der Waals surface area contributed by atoms with Crippen molar-refractivity contribution in [3.63, 3.8) is 0 Å². The van der Waals surface area contributed by atoms with E-state index < -0.39 is 0 Å². The van der Waals surface area contributed by atoms with Gasteiger partial charge in [-0.25, -0.2) is 0 Å². The van der Waals surface area contributed by atoms with Gasteiger partial charge in [-0.2, -0.15) is 16.9 Å². The predicted octanol–water partition coefficient (Wildman–Crippen LogP) is 2.28. The van der Waals surface area contributed by atoms with Crippen LogP contribution in [0.25, 0.3) is 0 Å². The smallest absolute Gasteiger partial charge is 0.186 e. The van der Waals surface area contributed by atoms with Crippen molar-refractivity contribution < 1.29 is 4.79 Å². The summed E-state index contributed by atoms with van der Waals surface area (Å²) in [5.41, 5.74) is 0.542. The fourth-order valence-corrected chi connectivity index (χ4v) is 2.52. The average molecular weight is 290 g/mol. The van der Waals surface area contributed by atoms with Crippen molar-refractivity contribution in [3.8, 4) is 0 Å². The van der Waals surface area contributed by atoms with E-state index in [1.807, 2.05) is 27.3 Å². The summed E-state index contributed by atoms with van der Waals surface area (Å²) in [6.07, 6.45) is 3.55. The summed E-state index contributed by atoms with van der Waals surface area (Å²) in [5, 5.41) is 4.63. The van der Waals surface area contributed by atoms with Gasteiger partial charge in [0, 0.05) is 18.2 Å². The number of nitrogens with zero attached hydrogens (tertiary/aromatic N) is 3. The predicted molar refractivity (Wildman–Crippen MR) is 77.7 cm³/mol. The lowest BCUT2D eigenvalue weighted by Crippen LogP contribution is -2.24. The summed E-state index contributed by atoms with van der Waals surface area (Å²) in [6, 6.07) is 0. The number of hydrogen-bond donors (Lipinski definition) is 0. The number of ketones is 1. The summed E-state index contributed by atoms with van der Waals surface area (Å²) in [6.45, 7) is 3.43. The van der Waals surface area contributed by atoms with Gasteiger partial charge < -0.3 is 4.90 Å². The van der Waals surface area contributed by atoms with Crippen molar-refractivity contribution >= 4 is 29.1 Å². The minimum absolute atomic E-state index is 0.0349. The fraction of sp³-hybridized carbons (Fsp3) is 0.667. The molecule has 1 atom stereocenters. The van der Waals surface area contributed by atoms with E-state index in [0.29, 0.717) is 17.3 Å². The zero-order chi connectivity index (χ0) is 13.7. The lowest BCUT2D eigenvalue weighted by Gasteiger charge is -2.14. The van der Waals surface area contributed by atoms with Gasteiger partial charge in [-0.1, -0.05) is 18.5 Å². The minimum Gasteiger partial charge on any atom is -0.308 e. The molecule has 1 aromatic rings. The molecule has 0 spiro atoms. The van der Waals surface area contributed by atoms with Crippen molar-refractivity contribution in [1.82, 2.24) is 14.7 Å². The number of Topliss-reactive ketones (excluding diaryl/α,β-unsaturated/α-hetero) is 1. The van der Waals surface area contributed by atoms with Gasteiger partial charge in [0.15, 0.2) is 5.78 Å². The molecule has 4 nitrogen and oxygen atoms in total. The van der Waals surface area contributed by atoms with Gasteiger partial charge in [-0.05, 0) is 20.4 Å². The standard InChI is InChI=1S/C12H20ClN3OS/c1-9(8-18-4)12(17)11-10(13)7-14-16(11)6-5-15(2)3/h7,9H,5-6,8H2,1-4H3. The molecule has 0 aliphatic heterocycles. The quantitative estimate of drug-likeness (QED) is 0.722. The van der Waals surface area contributed by atoms with Gasteiger partial charge >= 0.3 is 0 Å². The molecule has 0 fully saturated rings. The molecule has 1 heterocycles. The maximum Gasteiger partial charge on any atom is 0.186 e. The molecule has 0 radical (unpaired) electrons. The fourth-order valence-electron chi connectivity index (χ4n) is 1.63. The van der Waals surface area contributed by atoms with Gasteiger partial charge in [0.25, 0.3) is 0 Å². The number of rotatable bonds is 7. The van der Waals surface area contributed by atoms with Gasteiger partial charge in [0.2, 0.25) is 0 Å². The summed E-state index contributed by atoms with van der Waals surface area (Å²) >= 11 is 7.74. The molecule has 0 N–H and O–H groups in total. The first kappa shape index (κ1) is 15.5. The molecule has 0 saturated heterocycles. The summed E-state index contributed by atoms with van der Waals surface area (Å²) < 4.78 is 1.71. The summed E-state index contributed by atoms with van der Waals surface area (Å²) in [7, 11) is 3.98. The molecule has 1 unspecified atom stereocenters. The number of carbonyl (C=O) groups excluding carboxylic acids is 1. The molecule has 0 aromatic carbocycles. The van der Waals surface area contributed by atoms with Crippen molar-refractivity contribution in [2.24, 2.45) is 5.92 Å². The second kappa shape index (κ2) is 7.16. The normalized spacial score (nSPS) is 13.0. The Morgan fingerprint density at radius 2 is 2.28 bits per heavy atom. The number of halogens is 1. The molecule has 0 bridgehead atoms. The Labute approximate surface area is 118 Å². The van der Waals surface area contributed by atoms with Crippen molar-refractivity contribution in [2.45, 2.75) is 13.5 Å². The molecule has 1 aromatic heterocycles. The van der Waals surface area contributed by atoms with Crippen LogP contribution in [0.15, 0.2) is 6.20 Å². The highest BCUT2D eigenvalue weighted by Gasteiger charge is 2.22. The van der Waals surface area contributed by atoms with E-state index in [2.05, 4.69) is 10.00 Å². The number of thioether (sulfide) groups is 1. The van der Waals surface area contributed by atoms with Crippen molar-refractivity contribution in [1.29, 1.82) is 0 Å². The van der Waals surface area contributed by atoms with Gasteiger partial charge in [0.1, 0.15) is 5.69 Å². The minimum atomic E-state index is -0.0349. The van der Waals surface area contributed by atoms with Crippen LogP contribution in [0, 0.1) is 5.92 Å². The highest BCUT2D eigenvalue weighted by Crippen LogP contribution is 2.20. The lowest BCUT2D eigenvalue weighted by atomic mass is 10.1. The van der Waals surface area contributed by atoms with Crippen LogP contribution in [0.2, 0.25) is 5.02 Å². The molecule has 102 valence electrons. The summed E-state index contributed by atoms with van der Waals surface area (Å²) in [4.78, 5) is 14.4. The van der Waals surface area contributed by atoms with E-state index in [-0.39, 0.29) is 11.7 Å². The molecule has 0 amide bonds. The third-order valence-electron chi connectivity index (χ3n) is 2.65. The molecule has 6 heteroatoms. The largest absolute Gasteiger partial charge is 0.308 e. The van der Waals surface area contributed by atoms with Crippen LogP contribution in [0.4, 0.5) is 0 Å². The Kier molecular flexibility index (Phi) is 6.18. The first-order valence-electron chi connectivity index (χ1n) is 5.86. The average Bonchev–Trinajstić information content (AvgIpc) is 2.67. The third kappa shape index (κ3) is 4.00. The Bertz CT molecular complexity index is 406. The zero-order valence-electron chi connectivity index (χ0n) is 11.3. The molecular weight excluding hydrogens is 270 g/mol. The highest BCUT2D eigenvalue weighted by molar-refractivity contribution is 7.98. The molecule has 18 heavy (non-hydrogen) atoms. The van der Waals surface area contributed by atoms with Crippen LogP contribution in [-0.4, -0.2) is 53.1 Å². The molecule has 0 aliphatic carbocycles. The Hall–Kier alpha value is -0.520. The van der Waals surface area contributed by atoms with Gasteiger partial charge in [0.05, 0.1) is 17.8 Å². The van der Waals surface area contributed by atoms with Crippen molar-refractivity contribution in [2.75, 3.05) is 32.6 Å². The maximum absolute atomic E-state index is 12.3. The Morgan fingerprint density at radius 1 is 1.61 bits per heavy atom. The molecule has 0 aliphatic rings. The van der Waals surface area contributed by atoms with E-state index in [9.17, 15) is 4.79 Å². The Morgan fingerprint density at radius 3 is 2.83 bits per heavy atom. The first-order valence-corrected chi connectivity index (χ1v) is 7.63. The van der Waals surface area contributed by atoms with E-state index in [1.165, 1.54) is 0 Å². The van der Waals surface area contributed by atoms with E-state index in [1.54, 1.807) is 22.6 Å². The Balaban J connectivity index is 2.86. The van der Waals surface area contributed by atoms with Crippen LogP contribution in [-0.2, 0) is 6.54 Å². The number of carbonyl (C=O) groups is 1. The summed E-state index contributed by atoms with van der Waals surface area (Å²) in [5.74, 6) is 0.839. The monoisotopic (exact) mass is 289 g/mol. The lowest BCUT2D eigenvalue weighted by molar-refractivity contribution is 0.0930. The van der Waals surface area contributed by atoms with Gasteiger partial charge in [-0.3, -0.25) is 9.48 Å². The van der Waals surface area contributed by atoms with Crippen molar-refractivity contribution in [3.05, 3.63) is 16.9 Å². The topological polar surface area (TPSA) is 38.1 Å². The first-order chi connectivity index (χ1) is 8.47. The van der Waals surface area contributed by atoms with E-state index in [4.69, 9.17) is 11.6 Å². The molecular formula is C12H20ClN3OS. The number of likely N-dealkylation sites (N-methyl/N-ethyl adjacent to an activating group) is 1. The highest BCUT2D eigenvalue weighted by atomic mass is 35.5. The second-order valence-electron chi connectivity index (χ2n) is 4.59. The third-order valence-corrected chi connectivity index (χ3v) is 3.76. The van der Waals surface area contributed by atoms with Gasteiger partial charge in [-0.15, -0.1) is 0 Å². The molecule has 1 rings (SSSR count). The number of aromatic nitrogens is 2. The van der Waals surface area contributed by atoms with Crippen LogP contribution in [0.3, 0.4) is 0 Å².